The highest BCUT2D eigenvalue weighted by Gasteiger charge is 1.96. The predicted molar refractivity (Wildman–Crippen MR) is 55.9 cm³/mol. The molecule has 5 nitrogen and oxygen atoms in total. The molecule has 0 saturated carbocycles. The van der Waals surface area contributed by atoms with Crippen molar-refractivity contribution in [3.63, 3.8) is 0 Å². The lowest BCUT2D eigenvalue weighted by Gasteiger charge is -2.08. The van der Waals surface area contributed by atoms with Gasteiger partial charge in [-0.05, 0) is 33.6 Å². The van der Waals surface area contributed by atoms with Gasteiger partial charge in [-0.1, -0.05) is 5.21 Å². The monoisotopic (exact) mass is 197 g/mol. The molecule has 0 spiro atoms. The summed E-state index contributed by atoms with van der Waals surface area (Å²) in [7, 11) is 6.05. The molecule has 0 radical (unpaired) electrons. The number of nitrogens with zero attached hydrogens (tertiary/aromatic N) is 4. The quantitative estimate of drug-likeness (QED) is 0.645. The van der Waals surface area contributed by atoms with Gasteiger partial charge in [-0.15, -0.1) is 5.10 Å². The maximum absolute atomic E-state index is 3.99. The number of rotatable bonds is 6. The van der Waals surface area contributed by atoms with Crippen LogP contribution in [0.5, 0.6) is 0 Å². The van der Waals surface area contributed by atoms with Gasteiger partial charge in [-0.3, -0.25) is 4.68 Å². The highest BCUT2D eigenvalue weighted by atomic mass is 15.4. The van der Waals surface area contributed by atoms with E-state index in [0.717, 1.165) is 31.7 Å². The predicted octanol–water partition coefficient (Wildman–Crippen LogP) is -0.144. The van der Waals surface area contributed by atoms with Crippen molar-refractivity contribution in [2.45, 2.75) is 13.0 Å². The van der Waals surface area contributed by atoms with Crippen molar-refractivity contribution < 1.29 is 0 Å². The first-order valence-electron chi connectivity index (χ1n) is 4.89. The molecule has 0 atom stereocenters. The molecule has 0 aliphatic carbocycles. The SMILES string of the molecule is CN(C)CCCNCc1cn(C)nn1. The van der Waals surface area contributed by atoms with Gasteiger partial charge >= 0.3 is 0 Å². The Hall–Kier alpha value is -0.940. The first kappa shape index (κ1) is 11.1. The zero-order chi connectivity index (χ0) is 10.4. The number of hydrogen-bond donors (Lipinski definition) is 1. The summed E-state index contributed by atoms with van der Waals surface area (Å²) in [5.41, 5.74) is 0.998. The molecule has 0 aliphatic rings. The fraction of sp³-hybridized carbons (Fsp3) is 0.778. The molecule has 80 valence electrons. The van der Waals surface area contributed by atoms with Crippen molar-refractivity contribution in [1.29, 1.82) is 0 Å². The van der Waals surface area contributed by atoms with Crippen molar-refractivity contribution in [3.05, 3.63) is 11.9 Å². The minimum atomic E-state index is 0.807. The van der Waals surface area contributed by atoms with Crippen molar-refractivity contribution in [2.24, 2.45) is 7.05 Å². The average molecular weight is 197 g/mol. The molecular weight excluding hydrogens is 178 g/mol. The molecule has 1 rings (SSSR count). The third-order valence-electron chi connectivity index (χ3n) is 1.92. The fourth-order valence-electron chi connectivity index (χ4n) is 1.21. The lowest BCUT2D eigenvalue weighted by molar-refractivity contribution is 0.394. The van der Waals surface area contributed by atoms with Crippen LogP contribution in [0.3, 0.4) is 0 Å². The highest BCUT2D eigenvalue weighted by molar-refractivity contribution is 4.90. The Morgan fingerprint density at radius 3 is 2.86 bits per heavy atom. The Morgan fingerprint density at radius 2 is 2.29 bits per heavy atom. The van der Waals surface area contributed by atoms with E-state index >= 15 is 0 Å². The van der Waals surface area contributed by atoms with Gasteiger partial charge in [0.05, 0.1) is 5.69 Å². The highest BCUT2D eigenvalue weighted by Crippen LogP contribution is 1.90. The third-order valence-corrected chi connectivity index (χ3v) is 1.92. The molecule has 0 amide bonds. The summed E-state index contributed by atoms with van der Waals surface area (Å²) in [5.74, 6) is 0. The number of aromatic nitrogens is 3. The van der Waals surface area contributed by atoms with E-state index in [1.54, 1.807) is 4.68 Å². The molecular formula is C9H19N5. The van der Waals surface area contributed by atoms with Crippen LogP contribution in [0.15, 0.2) is 6.20 Å². The van der Waals surface area contributed by atoms with Gasteiger partial charge in [-0.2, -0.15) is 0 Å². The lowest BCUT2D eigenvalue weighted by atomic mass is 10.4. The largest absolute Gasteiger partial charge is 0.311 e. The van der Waals surface area contributed by atoms with Crippen LogP contribution in [0.1, 0.15) is 12.1 Å². The summed E-state index contributed by atoms with van der Waals surface area (Å²) >= 11 is 0. The smallest absolute Gasteiger partial charge is 0.0964 e. The summed E-state index contributed by atoms with van der Waals surface area (Å²) in [6.07, 6.45) is 3.09. The van der Waals surface area contributed by atoms with E-state index in [-0.39, 0.29) is 0 Å². The van der Waals surface area contributed by atoms with E-state index in [0.29, 0.717) is 0 Å². The van der Waals surface area contributed by atoms with Crippen LogP contribution >= 0.6 is 0 Å². The van der Waals surface area contributed by atoms with Crippen LogP contribution < -0.4 is 5.32 Å². The molecule has 0 fully saturated rings. The van der Waals surface area contributed by atoms with E-state index in [2.05, 4.69) is 34.6 Å². The van der Waals surface area contributed by atoms with Gasteiger partial charge in [0, 0.05) is 19.8 Å². The summed E-state index contributed by atoms with van der Waals surface area (Å²) < 4.78 is 1.72. The number of nitrogens with one attached hydrogen (secondary N) is 1. The van der Waals surface area contributed by atoms with Crippen molar-refractivity contribution in [3.8, 4) is 0 Å². The zero-order valence-electron chi connectivity index (χ0n) is 9.19. The molecule has 0 aromatic carbocycles. The summed E-state index contributed by atoms with van der Waals surface area (Å²) in [5, 5.41) is 11.2. The number of aryl methyl sites for hydroxylation is 1. The van der Waals surface area contributed by atoms with E-state index in [1.807, 2.05) is 13.2 Å². The van der Waals surface area contributed by atoms with E-state index in [9.17, 15) is 0 Å². The number of hydrogen-bond acceptors (Lipinski definition) is 4. The summed E-state index contributed by atoms with van der Waals surface area (Å²) in [4.78, 5) is 2.18. The van der Waals surface area contributed by atoms with E-state index in [1.165, 1.54) is 0 Å². The Labute approximate surface area is 85.1 Å². The Bertz CT molecular complexity index is 255. The molecule has 5 heteroatoms. The molecule has 1 aromatic rings. The topological polar surface area (TPSA) is 46.0 Å². The van der Waals surface area contributed by atoms with Crippen LogP contribution in [-0.2, 0) is 13.6 Å². The Balaban J connectivity index is 2.04. The minimum absolute atomic E-state index is 0.807. The molecule has 1 aromatic heterocycles. The van der Waals surface area contributed by atoms with Gasteiger partial charge in [0.2, 0.25) is 0 Å². The minimum Gasteiger partial charge on any atom is -0.311 e. The summed E-state index contributed by atoms with van der Waals surface area (Å²) in [6, 6.07) is 0. The van der Waals surface area contributed by atoms with Gasteiger partial charge in [0.1, 0.15) is 0 Å². The maximum Gasteiger partial charge on any atom is 0.0964 e. The molecule has 1 heterocycles. The van der Waals surface area contributed by atoms with Gasteiger partial charge in [-0.25, -0.2) is 0 Å². The fourth-order valence-corrected chi connectivity index (χ4v) is 1.21. The second kappa shape index (κ2) is 5.72. The molecule has 0 saturated heterocycles. The second-order valence-electron chi connectivity index (χ2n) is 3.72. The van der Waals surface area contributed by atoms with Gasteiger partial charge < -0.3 is 10.2 Å². The van der Waals surface area contributed by atoms with E-state index in [4.69, 9.17) is 0 Å². The Kier molecular flexibility index (Phi) is 4.55. The molecule has 0 aliphatic heterocycles. The van der Waals surface area contributed by atoms with Crippen molar-refractivity contribution >= 4 is 0 Å². The van der Waals surface area contributed by atoms with Crippen LogP contribution in [0.25, 0.3) is 0 Å². The first-order valence-corrected chi connectivity index (χ1v) is 4.89. The van der Waals surface area contributed by atoms with Gasteiger partial charge in [0.15, 0.2) is 0 Å². The second-order valence-corrected chi connectivity index (χ2v) is 3.72. The average Bonchev–Trinajstić information content (AvgIpc) is 2.50. The molecule has 0 bridgehead atoms. The van der Waals surface area contributed by atoms with Gasteiger partial charge in [0.25, 0.3) is 0 Å². The standard InChI is InChI=1S/C9H19N5/c1-13(2)6-4-5-10-7-9-8-14(3)12-11-9/h8,10H,4-7H2,1-3H3. The van der Waals surface area contributed by atoms with E-state index < -0.39 is 0 Å². The van der Waals surface area contributed by atoms with Crippen LogP contribution in [-0.4, -0.2) is 47.1 Å². The molecule has 0 unspecified atom stereocenters. The van der Waals surface area contributed by atoms with Crippen LogP contribution in [0, 0.1) is 0 Å². The summed E-state index contributed by atoms with van der Waals surface area (Å²) in [6.45, 7) is 2.95. The Morgan fingerprint density at radius 1 is 1.50 bits per heavy atom. The lowest BCUT2D eigenvalue weighted by Crippen LogP contribution is -2.21. The van der Waals surface area contributed by atoms with Crippen LogP contribution in [0.4, 0.5) is 0 Å². The molecule has 1 N–H and O–H groups in total. The maximum atomic E-state index is 3.99. The zero-order valence-corrected chi connectivity index (χ0v) is 9.19. The first-order chi connectivity index (χ1) is 6.68. The third kappa shape index (κ3) is 4.34. The normalized spacial score (nSPS) is 11.1. The van der Waals surface area contributed by atoms with Crippen LogP contribution in [0.2, 0.25) is 0 Å². The molecule has 14 heavy (non-hydrogen) atoms. The van der Waals surface area contributed by atoms with Crippen molar-refractivity contribution in [1.82, 2.24) is 25.2 Å². The van der Waals surface area contributed by atoms with Crippen molar-refractivity contribution in [2.75, 3.05) is 27.2 Å².